The summed E-state index contributed by atoms with van der Waals surface area (Å²) in [6.45, 7) is 3.66. The Morgan fingerprint density at radius 3 is 2.35 bits per heavy atom. The van der Waals surface area contributed by atoms with E-state index in [0.717, 1.165) is 11.1 Å². The summed E-state index contributed by atoms with van der Waals surface area (Å²) >= 11 is 0. The van der Waals surface area contributed by atoms with Crippen LogP contribution in [-0.2, 0) is 10.1 Å². The van der Waals surface area contributed by atoms with Crippen molar-refractivity contribution in [3.05, 3.63) is 48.4 Å². The van der Waals surface area contributed by atoms with Gasteiger partial charge in [0.25, 0.3) is 10.1 Å². The average molecular weight is 334 g/mol. The highest BCUT2D eigenvalue weighted by Gasteiger charge is 2.12. The largest absolute Gasteiger partial charge is 0.402 e. The molecule has 0 saturated carbocycles. The van der Waals surface area contributed by atoms with E-state index in [1.807, 2.05) is 13.8 Å². The molecular weight excluding hydrogens is 316 g/mol. The van der Waals surface area contributed by atoms with Gasteiger partial charge in [-0.2, -0.15) is 13.5 Å². The molecule has 0 radical (unpaired) electrons. The summed E-state index contributed by atoms with van der Waals surface area (Å²) in [4.78, 5) is -0.154. The Labute approximate surface area is 134 Å². The van der Waals surface area contributed by atoms with Gasteiger partial charge in [-0.25, -0.2) is 5.01 Å². The van der Waals surface area contributed by atoms with Crippen molar-refractivity contribution in [2.45, 2.75) is 18.7 Å². The molecule has 0 aliphatic heterocycles. The van der Waals surface area contributed by atoms with Crippen LogP contribution in [0.2, 0.25) is 0 Å². The second-order valence-electron chi connectivity index (χ2n) is 5.12. The van der Waals surface area contributed by atoms with Gasteiger partial charge in [0, 0.05) is 11.9 Å². The van der Waals surface area contributed by atoms with Crippen LogP contribution in [0.4, 0.5) is 5.69 Å². The maximum absolute atomic E-state index is 11.2. The van der Waals surface area contributed by atoms with Crippen molar-refractivity contribution in [2.75, 3.05) is 5.01 Å². The van der Waals surface area contributed by atoms with Gasteiger partial charge in [-0.05, 0) is 48.9 Å². The number of hydrazone groups is 1. The Balaban J connectivity index is 2.57. The molecule has 23 heavy (non-hydrogen) atoms. The van der Waals surface area contributed by atoms with Crippen molar-refractivity contribution in [1.29, 1.82) is 0 Å². The van der Waals surface area contributed by atoms with Gasteiger partial charge in [-0.3, -0.25) is 4.55 Å². The van der Waals surface area contributed by atoms with E-state index in [-0.39, 0.29) is 10.7 Å². The molecule has 0 heterocycles. The smallest absolute Gasteiger partial charge is 0.294 e. The molecule has 2 aromatic rings. The molecule has 0 aliphatic carbocycles. The topological polar surface area (TPSA) is 122 Å². The minimum Gasteiger partial charge on any atom is -0.402 e. The molecule has 122 valence electrons. The van der Waals surface area contributed by atoms with Crippen molar-refractivity contribution >= 4 is 32.3 Å². The van der Waals surface area contributed by atoms with E-state index in [4.69, 9.17) is 16.0 Å². The lowest BCUT2D eigenvalue weighted by molar-refractivity contribution is 0.483. The van der Waals surface area contributed by atoms with E-state index in [1.165, 1.54) is 23.3 Å². The highest BCUT2D eigenvalue weighted by Crippen LogP contribution is 2.26. The Morgan fingerprint density at radius 1 is 1.17 bits per heavy atom. The average Bonchev–Trinajstić information content (AvgIpc) is 2.49. The van der Waals surface area contributed by atoms with E-state index in [1.54, 1.807) is 24.3 Å². The fourth-order valence-electron chi connectivity index (χ4n) is 2.04. The quantitative estimate of drug-likeness (QED) is 0.446. The second-order valence-corrected chi connectivity index (χ2v) is 6.54. The minimum absolute atomic E-state index is 0.154. The third-order valence-electron chi connectivity index (χ3n) is 3.05. The van der Waals surface area contributed by atoms with Crippen molar-refractivity contribution < 1.29 is 13.0 Å². The third kappa shape index (κ3) is 3.79. The molecule has 0 unspecified atom stereocenters. The first-order chi connectivity index (χ1) is 10.7. The van der Waals surface area contributed by atoms with Gasteiger partial charge in [0.1, 0.15) is 5.82 Å². The number of rotatable bonds is 4. The standard InChI is InChI=1S/C15H18N4O3S/c1-10(2)18-19(15(17)9-16)13-5-3-12-8-14(23(20,21)22)6-4-11(12)7-13/h3-9H,16-17H2,1-2H3,(H,20,21,22)/b15-9+. The molecule has 0 aromatic heterocycles. The van der Waals surface area contributed by atoms with E-state index in [0.29, 0.717) is 11.1 Å². The van der Waals surface area contributed by atoms with Gasteiger partial charge in [-0.15, -0.1) is 0 Å². The highest BCUT2D eigenvalue weighted by molar-refractivity contribution is 7.85. The summed E-state index contributed by atoms with van der Waals surface area (Å²) in [6.07, 6.45) is 1.25. The van der Waals surface area contributed by atoms with Crippen molar-refractivity contribution in [3.63, 3.8) is 0 Å². The van der Waals surface area contributed by atoms with Gasteiger partial charge >= 0.3 is 0 Å². The zero-order valence-corrected chi connectivity index (χ0v) is 13.6. The molecule has 0 atom stereocenters. The van der Waals surface area contributed by atoms with Crippen molar-refractivity contribution in [3.8, 4) is 0 Å². The van der Waals surface area contributed by atoms with Crippen LogP contribution >= 0.6 is 0 Å². The Morgan fingerprint density at radius 2 is 1.78 bits per heavy atom. The molecule has 8 heteroatoms. The van der Waals surface area contributed by atoms with E-state index in [9.17, 15) is 8.42 Å². The molecule has 0 bridgehead atoms. The monoisotopic (exact) mass is 334 g/mol. The summed E-state index contributed by atoms with van der Waals surface area (Å²) in [5.74, 6) is 0.264. The molecule has 0 saturated heterocycles. The number of hydrogen-bond acceptors (Lipinski definition) is 6. The molecule has 2 aromatic carbocycles. The predicted molar refractivity (Wildman–Crippen MR) is 91.5 cm³/mol. The van der Waals surface area contributed by atoms with E-state index < -0.39 is 10.1 Å². The Bertz CT molecular complexity index is 900. The number of nitrogens with two attached hydrogens (primary N) is 2. The predicted octanol–water partition coefficient (Wildman–Crippen LogP) is 2.00. The van der Waals surface area contributed by atoms with Gasteiger partial charge < -0.3 is 11.5 Å². The first kappa shape index (κ1) is 16.8. The zero-order chi connectivity index (χ0) is 17.2. The molecular formula is C15H18N4O3S. The van der Waals surface area contributed by atoms with Crippen LogP contribution in [0.5, 0.6) is 0 Å². The fourth-order valence-corrected chi connectivity index (χ4v) is 2.55. The highest BCUT2D eigenvalue weighted by atomic mass is 32.2. The number of anilines is 1. The molecule has 5 N–H and O–H groups in total. The third-order valence-corrected chi connectivity index (χ3v) is 3.90. The number of hydrogen-bond donors (Lipinski definition) is 3. The number of benzene rings is 2. The Hall–Kier alpha value is -2.58. The van der Waals surface area contributed by atoms with E-state index >= 15 is 0 Å². The summed E-state index contributed by atoms with van der Waals surface area (Å²) in [5.41, 5.74) is 12.8. The summed E-state index contributed by atoms with van der Waals surface area (Å²) in [6, 6.07) is 9.59. The maximum atomic E-state index is 11.2. The SMILES string of the molecule is CC(C)=NN(/C(N)=C/N)c1ccc2cc(S(=O)(=O)O)ccc2c1. The first-order valence-corrected chi connectivity index (χ1v) is 8.17. The lowest BCUT2D eigenvalue weighted by atomic mass is 10.1. The molecule has 7 nitrogen and oxygen atoms in total. The second kappa shape index (κ2) is 6.27. The molecule has 0 spiro atoms. The maximum Gasteiger partial charge on any atom is 0.294 e. The summed E-state index contributed by atoms with van der Waals surface area (Å²) in [7, 11) is -4.23. The van der Waals surface area contributed by atoms with Crippen molar-refractivity contribution in [1.82, 2.24) is 0 Å². The van der Waals surface area contributed by atoms with Gasteiger partial charge in [0.05, 0.1) is 10.6 Å². The first-order valence-electron chi connectivity index (χ1n) is 6.73. The van der Waals surface area contributed by atoms with Crippen LogP contribution in [0.25, 0.3) is 10.8 Å². The lowest BCUT2D eigenvalue weighted by Crippen LogP contribution is -2.24. The van der Waals surface area contributed by atoms with Crippen LogP contribution in [0.15, 0.2) is 58.4 Å². The van der Waals surface area contributed by atoms with Crippen LogP contribution in [0.1, 0.15) is 13.8 Å². The van der Waals surface area contributed by atoms with Crippen LogP contribution in [0, 0.1) is 0 Å². The number of fused-ring (bicyclic) bond motifs is 1. The van der Waals surface area contributed by atoms with Crippen LogP contribution in [-0.4, -0.2) is 18.7 Å². The molecule has 0 fully saturated rings. The molecule has 2 rings (SSSR count). The zero-order valence-electron chi connectivity index (χ0n) is 12.8. The lowest BCUT2D eigenvalue weighted by Gasteiger charge is -2.20. The summed E-state index contributed by atoms with van der Waals surface area (Å²) < 4.78 is 31.5. The van der Waals surface area contributed by atoms with E-state index in [2.05, 4.69) is 5.10 Å². The van der Waals surface area contributed by atoms with Gasteiger partial charge in [0.15, 0.2) is 0 Å². The number of nitrogens with zero attached hydrogens (tertiary/aromatic N) is 2. The van der Waals surface area contributed by atoms with Gasteiger partial charge in [0.2, 0.25) is 0 Å². The summed E-state index contributed by atoms with van der Waals surface area (Å²) in [5, 5.41) is 7.25. The minimum atomic E-state index is -4.23. The normalized spacial score (nSPS) is 12.2. The van der Waals surface area contributed by atoms with Crippen molar-refractivity contribution in [2.24, 2.45) is 16.6 Å². The molecule has 0 amide bonds. The fraction of sp³-hybridized carbons (Fsp3) is 0.133. The Kier molecular flexibility index (Phi) is 4.57. The van der Waals surface area contributed by atoms with Gasteiger partial charge in [-0.1, -0.05) is 12.1 Å². The van der Waals surface area contributed by atoms with Crippen LogP contribution in [0.3, 0.4) is 0 Å². The molecule has 0 aliphatic rings. The van der Waals surface area contributed by atoms with Crippen LogP contribution < -0.4 is 16.5 Å².